The second-order valence-electron chi connectivity index (χ2n) is 7.58. The van der Waals surface area contributed by atoms with Crippen molar-refractivity contribution < 1.29 is 19.1 Å². The molecule has 1 N–H and O–H groups in total. The number of ether oxygens (including phenoxy) is 1. The van der Waals surface area contributed by atoms with Gasteiger partial charge >= 0.3 is 6.03 Å². The van der Waals surface area contributed by atoms with Crippen LogP contribution in [0.2, 0.25) is 5.02 Å². The van der Waals surface area contributed by atoms with E-state index in [0.29, 0.717) is 22.0 Å². The molecule has 3 aromatic carbocycles. The number of anilines is 1. The fourth-order valence-electron chi connectivity index (χ4n) is 3.43. The Morgan fingerprint density at radius 1 is 0.971 bits per heavy atom. The number of hydrogen-bond donors (Lipinski definition) is 1. The van der Waals surface area contributed by atoms with E-state index in [9.17, 15) is 14.4 Å². The maximum Gasteiger partial charge on any atom is 0.335 e. The van der Waals surface area contributed by atoms with Crippen molar-refractivity contribution in [2.24, 2.45) is 0 Å². The van der Waals surface area contributed by atoms with Crippen LogP contribution < -0.4 is 15.0 Å². The summed E-state index contributed by atoms with van der Waals surface area (Å²) in [6.07, 6.45) is 2.26. The van der Waals surface area contributed by atoms with Gasteiger partial charge in [0.05, 0.1) is 5.69 Å². The number of carbonyl (C=O) groups is 3. The lowest BCUT2D eigenvalue weighted by Crippen LogP contribution is -2.54. The van der Waals surface area contributed by atoms with Crippen LogP contribution in [0.4, 0.5) is 10.5 Å². The number of rotatable bonds is 6. The first kappa shape index (κ1) is 23.7. The summed E-state index contributed by atoms with van der Waals surface area (Å²) in [5, 5.41) is 2.88. The Morgan fingerprint density at radius 3 is 2.32 bits per heavy atom. The summed E-state index contributed by atoms with van der Waals surface area (Å²) >= 11 is 9.35. The molecule has 0 radical (unpaired) electrons. The lowest BCUT2D eigenvalue weighted by atomic mass is 10.1. The molecule has 8 heteroatoms. The average Bonchev–Trinajstić information content (AvgIpc) is 2.82. The minimum Gasteiger partial charge on any atom is -0.488 e. The van der Waals surface area contributed by atoms with Gasteiger partial charge in [-0.25, -0.2) is 9.69 Å². The van der Waals surface area contributed by atoms with Gasteiger partial charge in [-0.1, -0.05) is 58.7 Å². The lowest BCUT2D eigenvalue weighted by molar-refractivity contribution is -0.122. The summed E-state index contributed by atoms with van der Waals surface area (Å²) in [7, 11) is 0. The molecular weight excluding hydrogens is 520 g/mol. The van der Waals surface area contributed by atoms with Crippen molar-refractivity contribution in [2.45, 2.75) is 20.0 Å². The number of nitrogens with one attached hydrogen (secondary N) is 1. The minimum absolute atomic E-state index is 0.173. The third-order valence-electron chi connectivity index (χ3n) is 5.28. The van der Waals surface area contributed by atoms with E-state index in [1.54, 1.807) is 42.5 Å². The highest BCUT2D eigenvalue weighted by atomic mass is 79.9. The molecule has 0 atom stereocenters. The molecule has 0 unspecified atom stereocenters. The minimum atomic E-state index is -0.787. The molecule has 6 nitrogen and oxygen atoms in total. The molecule has 1 aliphatic heterocycles. The van der Waals surface area contributed by atoms with Crippen LogP contribution in [-0.4, -0.2) is 17.8 Å². The molecule has 1 aliphatic rings. The third-order valence-corrected chi connectivity index (χ3v) is 6.03. The Kier molecular flexibility index (Phi) is 7.14. The first-order valence-electron chi connectivity index (χ1n) is 10.5. The number of aryl methyl sites for hydroxylation is 1. The fraction of sp³-hybridized carbons (Fsp3) is 0.115. The Labute approximate surface area is 210 Å². The lowest BCUT2D eigenvalue weighted by Gasteiger charge is -2.26. The van der Waals surface area contributed by atoms with E-state index in [0.717, 1.165) is 26.9 Å². The second kappa shape index (κ2) is 10.2. The van der Waals surface area contributed by atoms with Crippen LogP contribution in [0, 0.1) is 0 Å². The molecule has 4 amide bonds. The van der Waals surface area contributed by atoms with Gasteiger partial charge in [-0.05, 0) is 66.1 Å². The summed E-state index contributed by atoms with van der Waals surface area (Å²) < 4.78 is 6.70. The highest BCUT2D eigenvalue weighted by Crippen LogP contribution is 2.29. The summed E-state index contributed by atoms with van der Waals surface area (Å²) in [4.78, 5) is 39.2. The Hall–Kier alpha value is -3.42. The number of amides is 4. The highest BCUT2D eigenvalue weighted by Gasteiger charge is 2.37. The van der Waals surface area contributed by atoms with E-state index in [-0.39, 0.29) is 12.2 Å². The molecule has 1 heterocycles. The van der Waals surface area contributed by atoms with Crippen molar-refractivity contribution in [2.75, 3.05) is 4.90 Å². The van der Waals surface area contributed by atoms with Crippen molar-refractivity contribution in [3.05, 3.63) is 98.5 Å². The zero-order valence-corrected chi connectivity index (χ0v) is 20.5. The maximum absolute atomic E-state index is 13.2. The van der Waals surface area contributed by atoms with Gasteiger partial charge in [0.2, 0.25) is 0 Å². The Morgan fingerprint density at radius 2 is 1.65 bits per heavy atom. The van der Waals surface area contributed by atoms with E-state index in [2.05, 4.69) is 21.2 Å². The third kappa shape index (κ3) is 5.21. The summed E-state index contributed by atoms with van der Waals surface area (Å²) in [6, 6.07) is 18.8. The van der Waals surface area contributed by atoms with Crippen LogP contribution in [0.25, 0.3) is 6.08 Å². The summed E-state index contributed by atoms with van der Waals surface area (Å²) in [5.41, 5.74) is 2.69. The van der Waals surface area contributed by atoms with Gasteiger partial charge in [0, 0.05) is 15.1 Å². The molecule has 0 bridgehead atoms. The van der Waals surface area contributed by atoms with E-state index in [1.165, 1.54) is 6.08 Å². The number of halogens is 2. The molecule has 3 aromatic rings. The first-order valence-corrected chi connectivity index (χ1v) is 11.7. The standard InChI is InChI=1S/C26H20BrClN2O4/c1-2-16-5-10-21(11-6-16)30-25(32)22(24(31)29-26(30)33)14-18-13-19(27)7-12-23(18)34-15-17-3-8-20(28)9-4-17/h3-14H,2,15H2,1H3,(H,29,31,33)/b22-14-. The summed E-state index contributed by atoms with van der Waals surface area (Å²) in [6.45, 7) is 2.28. The molecule has 0 aromatic heterocycles. The fourth-order valence-corrected chi connectivity index (χ4v) is 3.94. The predicted molar refractivity (Wildman–Crippen MR) is 135 cm³/mol. The monoisotopic (exact) mass is 538 g/mol. The number of urea groups is 1. The number of benzene rings is 3. The number of barbiturate groups is 1. The van der Waals surface area contributed by atoms with Gasteiger partial charge in [0.15, 0.2) is 0 Å². The predicted octanol–water partition coefficient (Wildman–Crippen LogP) is 5.91. The van der Waals surface area contributed by atoms with Crippen LogP contribution in [0.3, 0.4) is 0 Å². The van der Waals surface area contributed by atoms with Crippen molar-refractivity contribution in [1.82, 2.24) is 5.32 Å². The zero-order valence-electron chi connectivity index (χ0n) is 18.2. The molecule has 172 valence electrons. The van der Waals surface area contributed by atoms with Gasteiger partial charge in [0.1, 0.15) is 17.9 Å². The molecule has 4 rings (SSSR count). The van der Waals surface area contributed by atoms with E-state index >= 15 is 0 Å². The van der Waals surface area contributed by atoms with Gasteiger partial charge in [-0.15, -0.1) is 0 Å². The maximum atomic E-state index is 13.2. The van der Waals surface area contributed by atoms with Crippen LogP contribution in [0.15, 0.2) is 76.8 Å². The molecular formula is C26H20BrClN2O4. The molecule has 1 saturated heterocycles. The smallest absolute Gasteiger partial charge is 0.335 e. The summed E-state index contributed by atoms with van der Waals surface area (Å²) in [5.74, 6) is -0.997. The van der Waals surface area contributed by atoms with Crippen LogP contribution in [-0.2, 0) is 22.6 Å². The Balaban J connectivity index is 1.65. The van der Waals surface area contributed by atoms with Gasteiger partial charge in [0.25, 0.3) is 11.8 Å². The van der Waals surface area contributed by atoms with Gasteiger partial charge < -0.3 is 4.74 Å². The molecule has 1 fully saturated rings. The highest BCUT2D eigenvalue weighted by molar-refractivity contribution is 9.10. The van der Waals surface area contributed by atoms with Crippen molar-refractivity contribution in [3.8, 4) is 5.75 Å². The number of carbonyl (C=O) groups excluding carboxylic acids is 3. The first-order chi connectivity index (χ1) is 16.4. The Bertz CT molecular complexity index is 1290. The normalized spacial score (nSPS) is 15.0. The van der Waals surface area contributed by atoms with Crippen molar-refractivity contribution in [1.29, 1.82) is 0 Å². The van der Waals surface area contributed by atoms with Crippen LogP contribution in [0.5, 0.6) is 5.75 Å². The molecule has 0 spiro atoms. The molecule has 34 heavy (non-hydrogen) atoms. The molecule has 0 aliphatic carbocycles. The number of hydrogen-bond acceptors (Lipinski definition) is 4. The number of imide groups is 2. The zero-order chi connectivity index (χ0) is 24.2. The SMILES string of the molecule is CCc1ccc(N2C(=O)NC(=O)/C(=C/c3cc(Br)ccc3OCc3ccc(Cl)cc3)C2=O)cc1. The molecule has 0 saturated carbocycles. The quantitative estimate of drug-likeness (QED) is 0.312. The average molecular weight is 540 g/mol. The van der Waals surface area contributed by atoms with Gasteiger partial charge in [-0.3, -0.25) is 14.9 Å². The van der Waals surface area contributed by atoms with Crippen LogP contribution >= 0.6 is 27.5 Å². The van der Waals surface area contributed by atoms with E-state index in [1.807, 2.05) is 31.2 Å². The second-order valence-corrected chi connectivity index (χ2v) is 8.93. The van der Waals surface area contributed by atoms with Crippen molar-refractivity contribution >= 4 is 57.1 Å². The van der Waals surface area contributed by atoms with Gasteiger partial charge in [-0.2, -0.15) is 0 Å². The van der Waals surface area contributed by atoms with E-state index < -0.39 is 17.8 Å². The largest absolute Gasteiger partial charge is 0.488 e. The topological polar surface area (TPSA) is 75.7 Å². The van der Waals surface area contributed by atoms with Crippen LogP contribution in [0.1, 0.15) is 23.6 Å². The van der Waals surface area contributed by atoms with E-state index in [4.69, 9.17) is 16.3 Å². The van der Waals surface area contributed by atoms with Crippen molar-refractivity contribution in [3.63, 3.8) is 0 Å². The number of nitrogens with zero attached hydrogens (tertiary/aromatic N) is 1.